The number of Topliss-reactive ketones (excluding diaryl/α,β-unsaturated/α-hetero) is 1. The molecule has 2 aliphatic heterocycles. The number of terminal acetylenes is 1. The monoisotopic (exact) mass is 674 g/mol. The SMILES string of the molecule is C#CCCC(NC(=O)[C@@H]1[C@H]2CC=C2CN1C(=O)[C@@H](NC(=O)N[C@H](CN1CCCS1(=O)=O)C(C)(C)C)C(C)(C)C)C(=O)C(=O)NCC=C. The van der Waals surface area contributed by atoms with E-state index in [9.17, 15) is 32.4 Å². The third kappa shape index (κ3) is 9.22. The molecule has 13 nitrogen and oxygen atoms in total. The summed E-state index contributed by atoms with van der Waals surface area (Å²) in [7, 11) is -3.40. The number of allylic oxidation sites excluding steroid dienone is 1. The lowest BCUT2D eigenvalue weighted by atomic mass is 9.82. The van der Waals surface area contributed by atoms with Crippen LogP contribution in [0.25, 0.3) is 0 Å². The molecule has 0 radical (unpaired) electrons. The molecule has 5 atom stereocenters. The van der Waals surface area contributed by atoms with E-state index in [0.717, 1.165) is 5.57 Å². The van der Waals surface area contributed by atoms with Gasteiger partial charge in [-0.05, 0) is 35.7 Å². The number of likely N-dealkylation sites (tertiary alicyclic amines) is 1. The second-order valence-electron chi connectivity index (χ2n) is 14.6. The third-order valence-electron chi connectivity index (χ3n) is 8.90. The second-order valence-corrected chi connectivity index (χ2v) is 16.7. The maximum Gasteiger partial charge on any atom is 0.315 e. The van der Waals surface area contributed by atoms with Crippen molar-refractivity contribution in [3.05, 3.63) is 24.3 Å². The Kier molecular flexibility index (Phi) is 12.1. The number of ketones is 1. The number of sulfonamides is 1. The predicted molar refractivity (Wildman–Crippen MR) is 178 cm³/mol. The van der Waals surface area contributed by atoms with Crippen LogP contribution in [0.2, 0.25) is 0 Å². The Morgan fingerprint density at radius 3 is 2.28 bits per heavy atom. The summed E-state index contributed by atoms with van der Waals surface area (Å²) >= 11 is 0. The van der Waals surface area contributed by atoms with Gasteiger partial charge in [-0.1, -0.05) is 53.7 Å². The van der Waals surface area contributed by atoms with E-state index in [2.05, 4.69) is 33.8 Å². The summed E-state index contributed by atoms with van der Waals surface area (Å²) in [4.78, 5) is 68.3. The average Bonchev–Trinajstić information content (AvgIpc) is 3.43. The molecule has 1 aliphatic carbocycles. The highest BCUT2D eigenvalue weighted by atomic mass is 32.2. The third-order valence-corrected chi connectivity index (χ3v) is 10.8. The minimum atomic E-state index is -3.40. The number of nitrogens with zero attached hydrogens (tertiary/aromatic N) is 2. The van der Waals surface area contributed by atoms with Gasteiger partial charge in [0, 0.05) is 44.6 Å². The van der Waals surface area contributed by atoms with E-state index in [4.69, 9.17) is 6.42 Å². The van der Waals surface area contributed by atoms with E-state index in [-0.39, 0.29) is 44.1 Å². The first-order valence-electron chi connectivity index (χ1n) is 16.0. The van der Waals surface area contributed by atoms with E-state index in [0.29, 0.717) is 19.4 Å². The molecule has 2 heterocycles. The standard InChI is InChI=1S/C33H50N6O7S/c1-9-11-13-23(26(40)29(42)34-16-10-2)35-28(41)25-22-15-14-21(22)19-39(25)30(43)27(33(6,7)8)37-31(44)36-24(32(3,4)5)20-38-17-12-18-47(38,45)46/h1,10,14,22-25,27H,2,11-13,15-20H2,3-8H3,(H,34,42)(H,35,41)(H2,36,37,44)/t22-,23?,24+,25-,27+/m0/s1. The fourth-order valence-electron chi connectivity index (χ4n) is 5.93. The van der Waals surface area contributed by atoms with Gasteiger partial charge >= 0.3 is 6.03 Å². The van der Waals surface area contributed by atoms with Crippen molar-refractivity contribution in [2.45, 2.75) is 91.4 Å². The van der Waals surface area contributed by atoms with Crippen LogP contribution in [-0.4, -0.2) is 103 Å². The van der Waals surface area contributed by atoms with Crippen LogP contribution in [0.5, 0.6) is 0 Å². The Hall–Kier alpha value is -3.70. The normalized spacial score (nSPS) is 22.3. The summed E-state index contributed by atoms with van der Waals surface area (Å²) in [6.45, 7) is 15.3. The summed E-state index contributed by atoms with van der Waals surface area (Å²) in [6.07, 6.45) is 10.0. The minimum absolute atomic E-state index is 0.0383. The lowest BCUT2D eigenvalue weighted by Gasteiger charge is -2.38. The fraction of sp³-hybridized carbons (Fsp3) is 0.667. The Morgan fingerprint density at radius 2 is 1.77 bits per heavy atom. The molecular weight excluding hydrogens is 624 g/mol. The van der Waals surface area contributed by atoms with E-state index < -0.39 is 74.6 Å². The molecule has 47 heavy (non-hydrogen) atoms. The van der Waals surface area contributed by atoms with Gasteiger partial charge in [-0.2, -0.15) is 4.31 Å². The van der Waals surface area contributed by atoms with Gasteiger partial charge in [-0.15, -0.1) is 18.9 Å². The molecule has 5 amide bonds. The van der Waals surface area contributed by atoms with Crippen LogP contribution in [0, 0.1) is 29.1 Å². The zero-order valence-corrected chi connectivity index (χ0v) is 29.2. The molecule has 0 aromatic rings. The second kappa shape index (κ2) is 15.0. The van der Waals surface area contributed by atoms with E-state index in [1.54, 1.807) is 20.8 Å². The molecule has 3 aliphatic rings. The Morgan fingerprint density at radius 1 is 1.09 bits per heavy atom. The summed E-state index contributed by atoms with van der Waals surface area (Å²) in [6, 6.07) is -4.40. The van der Waals surface area contributed by atoms with Crippen molar-refractivity contribution in [1.29, 1.82) is 0 Å². The molecule has 14 heteroatoms. The number of hydrogen-bond donors (Lipinski definition) is 4. The highest BCUT2D eigenvalue weighted by molar-refractivity contribution is 7.89. The summed E-state index contributed by atoms with van der Waals surface area (Å²) in [5.74, 6) is -0.568. The van der Waals surface area contributed by atoms with Crippen molar-refractivity contribution in [2.24, 2.45) is 16.7 Å². The van der Waals surface area contributed by atoms with Crippen molar-refractivity contribution >= 4 is 39.6 Å². The first-order chi connectivity index (χ1) is 21.8. The lowest BCUT2D eigenvalue weighted by Crippen LogP contribution is -2.62. The van der Waals surface area contributed by atoms with Gasteiger partial charge in [0.25, 0.3) is 5.91 Å². The van der Waals surface area contributed by atoms with Gasteiger partial charge in [0.05, 0.1) is 11.8 Å². The Balaban J connectivity index is 1.81. The molecule has 2 fully saturated rings. The lowest BCUT2D eigenvalue weighted by molar-refractivity contribution is -0.144. The zero-order valence-electron chi connectivity index (χ0n) is 28.4. The number of fused-ring (bicyclic) bond motifs is 1. The van der Waals surface area contributed by atoms with Crippen molar-refractivity contribution in [2.75, 3.05) is 31.9 Å². The molecule has 260 valence electrons. The summed E-state index contributed by atoms with van der Waals surface area (Å²) in [5.41, 5.74) is -0.378. The van der Waals surface area contributed by atoms with Crippen LogP contribution in [0.1, 0.15) is 67.2 Å². The first kappa shape index (κ1) is 37.8. The van der Waals surface area contributed by atoms with Crippen LogP contribution in [-0.2, 0) is 29.2 Å². The number of carbonyl (C=O) groups is 5. The molecule has 0 aromatic carbocycles. The highest BCUT2D eigenvalue weighted by Gasteiger charge is 2.51. The van der Waals surface area contributed by atoms with Crippen molar-refractivity contribution in [3.63, 3.8) is 0 Å². The maximum absolute atomic E-state index is 14.2. The topological polar surface area (TPSA) is 174 Å². The van der Waals surface area contributed by atoms with Crippen LogP contribution >= 0.6 is 0 Å². The van der Waals surface area contributed by atoms with Gasteiger partial charge in [-0.25, -0.2) is 13.2 Å². The molecule has 2 saturated heterocycles. The van der Waals surface area contributed by atoms with Crippen LogP contribution < -0.4 is 21.3 Å². The van der Waals surface area contributed by atoms with Crippen molar-refractivity contribution < 1.29 is 32.4 Å². The number of carbonyl (C=O) groups excluding carboxylic acids is 5. The molecule has 4 N–H and O–H groups in total. The van der Waals surface area contributed by atoms with Gasteiger partial charge in [0.15, 0.2) is 0 Å². The van der Waals surface area contributed by atoms with Crippen LogP contribution in [0.3, 0.4) is 0 Å². The minimum Gasteiger partial charge on any atom is -0.346 e. The number of nitrogens with one attached hydrogen (secondary N) is 4. The van der Waals surface area contributed by atoms with Crippen LogP contribution in [0.4, 0.5) is 4.79 Å². The quantitative estimate of drug-likeness (QED) is 0.129. The fourth-order valence-corrected chi connectivity index (χ4v) is 7.47. The predicted octanol–water partition coefficient (Wildman–Crippen LogP) is 1.08. The molecule has 0 spiro atoms. The van der Waals surface area contributed by atoms with Gasteiger partial charge in [0.2, 0.25) is 27.6 Å². The van der Waals surface area contributed by atoms with E-state index in [1.807, 2.05) is 26.8 Å². The Bertz CT molecular complexity index is 1440. The average molecular weight is 675 g/mol. The number of hydrogen-bond acceptors (Lipinski definition) is 7. The van der Waals surface area contributed by atoms with Crippen LogP contribution in [0.15, 0.2) is 24.3 Å². The van der Waals surface area contributed by atoms with Gasteiger partial charge in [-0.3, -0.25) is 19.2 Å². The number of urea groups is 1. The summed E-state index contributed by atoms with van der Waals surface area (Å²) in [5, 5.41) is 10.8. The highest BCUT2D eigenvalue weighted by Crippen LogP contribution is 2.41. The first-order valence-corrected chi connectivity index (χ1v) is 17.6. The maximum atomic E-state index is 14.2. The molecule has 0 bridgehead atoms. The number of amides is 5. The molecule has 0 saturated carbocycles. The van der Waals surface area contributed by atoms with E-state index >= 15 is 0 Å². The van der Waals surface area contributed by atoms with Gasteiger partial charge in [0.1, 0.15) is 12.1 Å². The summed E-state index contributed by atoms with van der Waals surface area (Å²) < 4.78 is 26.4. The van der Waals surface area contributed by atoms with Gasteiger partial charge < -0.3 is 26.2 Å². The largest absolute Gasteiger partial charge is 0.346 e. The molecular formula is C33H50N6O7S. The zero-order chi connectivity index (χ0) is 35.3. The van der Waals surface area contributed by atoms with Crippen molar-refractivity contribution in [3.8, 4) is 12.3 Å². The molecule has 3 rings (SSSR count). The van der Waals surface area contributed by atoms with Crippen molar-refractivity contribution in [1.82, 2.24) is 30.5 Å². The van der Waals surface area contributed by atoms with E-state index in [1.165, 1.54) is 15.3 Å². The molecule has 0 aromatic heterocycles. The Labute approximate surface area is 278 Å². The smallest absolute Gasteiger partial charge is 0.315 e. The molecule has 1 unspecified atom stereocenters. The number of rotatable bonds is 13.